The van der Waals surface area contributed by atoms with Gasteiger partial charge in [-0.15, -0.1) is 0 Å². The third-order valence-corrected chi connectivity index (χ3v) is 3.02. The molecule has 4 nitrogen and oxygen atoms in total. The molecular weight excluding hydrogens is 252 g/mol. The van der Waals surface area contributed by atoms with Gasteiger partial charge in [0, 0.05) is 13.1 Å². The van der Waals surface area contributed by atoms with E-state index in [4.69, 9.17) is 4.74 Å². The summed E-state index contributed by atoms with van der Waals surface area (Å²) in [5, 5.41) is 5.98. The highest BCUT2D eigenvalue weighted by molar-refractivity contribution is 5.77. The summed E-state index contributed by atoms with van der Waals surface area (Å²) >= 11 is 0. The Morgan fingerprint density at radius 2 is 2.05 bits per heavy atom. The maximum Gasteiger partial charge on any atom is 0.257 e. The van der Waals surface area contributed by atoms with Crippen LogP contribution in [0, 0.1) is 6.92 Å². The quantitative estimate of drug-likeness (QED) is 0.717. The van der Waals surface area contributed by atoms with Crippen molar-refractivity contribution in [2.45, 2.75) is 33.6 Å². The van der Waals surface area contributed by atoms with Crippen molar-refractivity contribution in [3.63, 3.8) is 0 Å². The van der Waals surface area contributed by atoms with Gasteiger partial charge in [0.2, 0.25) is 0 Å². The van der Waals surface area contributed by atoms with Gasteiger partial charge < -0.3 is 15.4 Å². The van der Waals surface area contributed by atoms with E-state index >= 15 is 0 Å². The van der Waals surface area contributed by atoms with Gasteiger partial charge >= 0.3 is 0 Å². The molecule has 4 heteroatoms. The van der Waals surface area contributed by atoms with Gasteiger partial charge in [0.25, 0.3) is 5.91 Å². The van der Waals surface area contributed by atoms with Crippen LogP contribution in [-0.4, -0.2) is 32.1 Å². The molecule has 0 atom stereocenters. The van der Waals surface area contributed by atoms with E-state index in [0.717, 1.165) is 30.0 Å². The zero-order chi connectivity index (χ0) is 15.0. The summed E-state index contributed by atoms with van der Waals surface area (Å²) < 4.78 is 5.67. The summed E-state index contributed by atoms with van der Waals surface area (Å²) in [7, 11) is 0. The minimum Gasteiger partial charge on any atom is -0.483 e. The van der Waals surface area contributed by atoms with Gasteiger partial charge in [0.1, 0.15) is 5.75 Å². The molecule has 0 bridgehead atoms. The fourth-order valence-electron chi connectivity index (χ4n) is 1.90. The summed E-state index contributed by atoms with van der Waals surface area (Å²) in [5.74, 6) is 1.10. The van der Waals surface area contributed by atoms with E-state index in [9.17, 15) is 4.79 Å². The van der Waals surface area contributed by atoms with Gasteiger partial charge in [0.15, 0.2) is 6.61 Å². The Kier molecular flexibility index (Phi) is 7.09. The van der Waals surface area contributed by atoms with Crippen molar-refractivity contribution in [1.29, 1.82) is 0 Å². The average molecular weight is 278 g/mol. The number of rotatable bonds is 8. The number of carbonyl (C=O) groups is 1. The van der Waals surface area contributed by atoms with Gasteiger partial charge in [-0.2, -0.15) is 0 Å². The topological polar surface area (TPSA) is 50.4 Å². The van der Waals surface area contributed by atoms with Crippen molar-refractivity contribution in [1.82, 2.24) is 10.6 Å². The predicted molar refractivity (Wildman–Crippen MR) is 82.3 cm³/mol. The lowest BCUT2D eigenvalue weighted by atomic mass is 10.0. The van der Waals surface area contributed by atoms with Crippen LogP contribution in [0.1, 0.15) is 37.8 Å². The van der Waals surface area contributed by atoms with Crippen LogP contribution in [0.5, 0.6) is 5.75 Å². The van der Waals surface area contributed by atoms with Crippen LogP contribution in [0.4, 0.5) is 0 Å². The smallest absolute Gasteiger partial charge is 0.257 e. The maximum atomic E-state index is 11.7. The number of carbonyl (C=O) groups excluding carboxylic acids is 1. The van der Waals surface area contributed by atoms with Crippen LogP contribution < -0.4 is 15.4 Å². The van der Waals surface area contributed by atoms with Crippen LogP contribution in [0.2, 0.25) is 0 Å². The lowest BCUT2D eigenvalue weighted by molar-refractivity contribution is -0.123. The van der Waals surface area contributed by atoms with Crippen LogP contribution in [0.3, 0.4) is 0 Å². The van der Waals surface area contributed by atoms with E-state index in [0.29, 0.717) is 12.5 Å². The molecule has 112 valence electrons. The molecule has 2 N–H and O–H groups in total. The van der Waals surface area contributed by atoms with E-state index in [1.807, 2.05) is 19.9 Å². The molecule has 0 aliphatic rings. The first-order chi connectivity index (χ1) is 9.54. The van der Waals surface area contributed by atoms with Crippen molar-refractivity contribution >= 4 is 5.91 Å². The first-order valence-electron chi connectivity index (χ1n) is 7.25. The molecule has 0 fully saturated rings. The fraction of sp³-hybridized carbons (Fsp3) is 0.562. The van der Waals surface area contributed by atoms with E-state index in [2.05, 4.69) is 36.6 Å². The number of ether oxygens (including phenoxy) is 1. The monoisotopic (exact) mass is 278 g/mol. The third-order valence-electron chi connectivity index (χ3n) is 3.02. The number of benzene rings is 1. The summed E-state index contributed by atoms with van der Waals surface area (Å²) in [6.45, 7) is 10.7. The standard InChI is InChI=1S/C16H26N2O2/c1-5-17-8-9-18-16(19)11-20-15-10-13(4)6-7-14(15)12(2)3/h6-7,10,12,17H,5,8-9,11H2,1-4H3,(H,18,19). The first kappa shape index (κ1) is 16.5. The first-order valence-corrected chi connectivity index (χ1v) is 7.25. The minimum absolute atomic E-state index is 0.0648. The Morgan fingerprint density at radius 3 is 2.70 bits per heavy atom. The Hall–Kier alpha value is -1.55. The molecule has 0 heterocycles. The molecule has 0 saturated heterocycles. The molecule has 0 saturated carbocycles. The molecule has 0 radical (unpaired) electrons. The van der Waals surface area contributed by atoms with Crippen molar-refractivity contribution in [3.05, 3.63) is 29.3 Å². The van der Waals surface area contributed by atoms with Gasteiger partial charge in [-0.3, -0.25) is 4.79 Å². The number of amides is 1. The van der Waals surface area contributed by atoms with Crippen molar-refractivity contribution in [2.75, 3.05) is 26.2 Å². The second kappa shape index (κ2) is 8.59. The van der Waals surface area contributed by atoms with E-state index in [1.165, 1.54) is 0 Å². The number of hydrogen-bond donors (Lipinski definition) is 2. The Balaban J connectivity index is 2.48. The minimum atomic E-state index is -0.0842. The average Bonchev–Trinajstić information content (AvgIpc) is 2.41. The highest BCUT2D eigenvalue weighted by atomic mass is 16.5. The second-order valence-corrected chi connectivity index (χ2v) is 5.19. The van der Waals surface area contributed by atoms with Crippen LogP contribution in [0.15, 0.2) is 18.2 Å². The number of hydrogen-bond acceptors (Lipinski definition) is 3. The summed E-state index contributed by atoms with van der Waals surface area (Å²) in [4.78, 5) is 11.7. The molecule has 1 aromatic rings. The number of nitrogens with one attached hydrogen (secondary N) is 2. The van der Waals surface area contributed by atoms with E-state index in [1.54, 1.807) is 0 Å². The van der Waals surface area contributed by atoms with E-state index < -0.39 is 0 Å². The molecule has 1 amide bonds. The van der Waals surface area contributed by atoms with E-state index in [-0.39, 0.29) is 12.5 Å². The fourth-order valence-corrected chi connectivity index (χ4v) is 1.90. The van der Waals surface area contributed by atoms with Gasteiger partial charge in [-0.1, -0.05) is 32.9 Å². The Morgan fingerprint density at radius 1 is 1.30 bits per heavy atom. The normalized spacial score (nSPS) is 10.7. The van der Waals surface area contributed by atoms with Gasteiger partial charge in [-0.05, 0) is 36.6 Å². The Bertz CT molecular complexity index is 430. The Labute approximate surface area is 121 Å². The highest BCUT2D eigenvalue weighted by Gasteiger charge is 2.09. The highest BCUT2D eigenvalue weighted by Crippen LogP contribution is 2.27. The molecule has 20 heavy (non-hydrogen) atoms. The molecule has 0 aliphatic carbocycles. The molecule has 1 rings (SSSR count). The van der Waals surface area contributed by atoms with Crippen LogP contribution in [0.25, 0.3) is 0 Å². The van der Waals surface area contributed by atoms with Crippen molar-refractivity contribution in [3.8, 4) is 5.75 Å². The summed E-state index contributed by atoms with van der Waals surface area (Å²) in [5.41, 5.74) is 2.27. The summed E-state index contributed by atoms with van der Waals surface area (Å²) in [6.07, 6.45) is 0. The number of aryl methyl sites for hydroxylation is 1. The van der Waals surface area contributed by atoms with Crippen LogP contribution >= 0.6 is 0 Å². The molecule has 0 spiro atoms. The molecule has 0 unspecified atom stereocenters. The van der Waals surface area contributed by atoms with Gasteiger partial charge in [0.05, 0.1) is 0 Å². The molecule has 0 aromatic heterocycles. The van der Waals surface area contributed by atoms with Crippen molar-refractivity contribution in [2.24, 2.45) is 0 Å². The molecular formula is C16H26N2O2. The summed E-state index contributed by atoms with van der Waals surface area (Å²) in [6, 6.07) is 6.12. The lowest BCUT2D eigenvalue weighted by Gasteiger charge is -2.14. The third kappa shape index (κ3) is 5.61. The second-order valence-electron chi connectivity index (χ2n) is 5.19. The zero-order valence-electron chi connectivity index (χ0n) is 13.0. The molecule has 1 aromatic carbocycles. The molecule has 0 aliphatic heterocycles. The van der Waals surface area contributed by atoms with Gasteiger partial charge in [-0.25, -0.2) is 0 Å². The maximum absolute atomic E-state index is 11.7. The zero-order valence-corrected chi connectivity index (χ0v) is 13.0. The predicted octanol–water partition coefficient (Wildman–Crippen LogP) is 2.22. The van der Waals surface area contributed by atoms with Crippen LogP contribution in [-0.2, 0) is 4.79 Å². The lowest BCUT2D eigenvalue weighted by Crippen LogP contribution is -2.34. The SMILES string of the molecule is CCNCCNC(=O)COc1cc(C)ccc1C(C)C. The largest absolute Gasteiger partial charge is 0.483 e. The van der Waals surface area contributed by atoms with Crippen molar-refractivity contribution < 1.29 is 9.53 Å². The number of likely N-dealkylation sites (N-methyl/N-ethyl adjacent to an activating group) is 1.